The molecule has 0 saturated carbocycles. The van der Waals surface area contributed by atoms with Gasteiger partial charge in [0.1, 0.15) is 4.21 Å². The number of likely N-dealkylation sites (N-methyl/N-ethyl adjacent to an activating group) is 1. The molecule has 0 spiro atoms. The van der Waals surface area contributed by atoms with Crippen LogP contribution in [0, 0.1) is 12.8 Å². The summed E-state index contributed by atoms with van der Waals surface area (Å²) in [5.74, 6) is -0.206. The van der Waals surface area contributed by atoms with Crippen molar-refractivity contribution in [1.29, 1.82) is 0 Å². The van der Waals surface area contributed by atoms with Crippen LogP contribution in [0.4, 0.5) is 5.13 Å². The molecule has 3 heterocycles. The number of carbonyl (C=O) groups excluding carboxylic acids is 1. The number of aromatic nitrogens is 1. The average molecular weight is 555 g/mol. The van der Waals surface area contributed by atoms with Gasteiger partial charge in [-0.3, -0.25) is 9.69 Å². The van der Waals surface area contributed by atoms with Gasteiger partial charge in [-0.05, 0) is 62.7 Å². The fourth-order valence-corrected chi connectivity index (χ4v) is 8.55. The molecule has 7 nitrogen and oxygen atoms in total. The van der Waals surface area contributed by atoms with Crippen molar-refractivity contribution in [3.8, 4) is 0 Å². The van der Waals surface area contributed by atoms with Crippen molar-refractivity contribution in [3.63, 3.8) is 0 Å². The minimum absolute atomic E-state index is 0.0316. The Hall–Kier alpha value is -1.56. The van der Waals surface area contributed by atoms with Crippen LogP contribution >= 0.6 is 34.3 Å². The Morgan fingerprint density at radius 1 is 1.11 bits per heavy atom. The number of aryl methyl sites for hydroxylation is 1. The topological polar surface area (TPSA) is 73.8 Å². The first-order valence-electron chi connectivity index (χ1n) is 11.9. The van der Waals surface area contributed by atoms with E-state index in [4.69, 9.17) is 16.6 Å². The van der Waals surface area contributed by atoms with Crippen LogP contribution in [0.5, 0.6) is 0 Å². The Labute approximate surface area is 220 Å². The Kier molecular flexibility index (Phi) is 8.50. The first-order chi connectivity index (χ1) is 16.7. The highest BCUT2D eigenvalue weighted by Crippen LogP contribution is 2.34. The van der Waals surface area contributed by atoms with Crippen LogP contribution in [0.25, 0.3) is 10.2 Å². The molecule has 1 aromatic carbocycles. The van der Waals surface area contributed by atoms with Gasteiger partial charge in [0.05, 0.1) is 14.6 Å². The molecule has 2 aromatic heterocycles. The number of halogens is 1. The SMILES string of the molecule is CCN(CC)CCN(C(=O)C1CCN(S(=O)(=O)c2ccc(Cl)s2)CC1)c1nc2ccc(C)cc2s1. The molecule has 35 heavy (non-hydrogen) atoms. The van der Waals surface area contributed by atoms with E-state index < -0.39 is 10.0 Å². The number of amides is 1. The van der Waals surface area contributed by atoms with Crippen molar-refractivity contribution in [2.45, 2.75) is 37.8 Å². The molecule has 0 aliphatic carbocycles. The van der Waals surface area contributed by atoms with Crippen molar-refractivity contribution >= 4 is 65.6 Å². The smallest absolute Gasteiger partial charge is 0.252 e. The molecule has 1 aliphatic heterocycles. The molecule has 190 valence electrons. The molecular weight excluding hydrogens is 524 g/mol. The summed E-state index contributed by atoms with van der Waals surface area (Å²) in [7, 11) is -3.59. The van der Waals surface area contributed by atoms with Crippen molar-refractivity contribution in [3.05, 3.63) is 40.2 Å². The van der Waals surface area contributed by atoms with Gasteiger partial charge in [0.2, 0.25) is 5.91 Å². The maximum Gasteiger partial charge on any atom is 0.252 e. The zero-order chi connectivity index (χ0) is 25.2. The second kappa shape index (κ2) is 11.2. The molecule has 0 radical (unpaired) electrons. The summed E-state index contributed by atoms with van der Waals surface area (Å²) in [6.45, 7) is 10.1. The number of hydrogen-bond donors (Lipinski definition) is 0. The standard InChI is InChI=1S/C24H31ClN4O3S3/c1-4-27(5-2)14-15-29(24-26-19-7-6-17(3)16-20(19)33-24)23(30)18-10-12-28(13-11-18)35(31,32)22-9-8-21(25)34-22/h6-9,16,18H,4-5,10-15H2,1-3H3. The third-order valence-corrected chi connectivity index (χ3v) is 11.1. The monoisotopic (exact) mass is 554 g/mol. The average Bonchev–Trinajstić information content (AvgIpc) is 3.48. The highest BCUT2D eigenvalue weighted by Gasteiger charge is 2.35. The molecule has 0 atom stereocenters. The van der Waals surface area contributed by atoms with Crippen molar-refractivity contribution < 1.29 is 13.2 Å². The number of piperidine rings is 1. The van der Waals surface area contributed by atoms with E-state index in [0.717, 1.165) is 46.8 Å². The van der Waals surface area contributed by atoms with E-state index in [0.29, 0.717) is 41.9 Å². The van der Waals surface area contributed by atoms with E-state index in [2.05, 4.69) is 24.8 Å². The summed E-state index contributed by atoms with van der Waals surface area (Å²) >= 11 is 8.56. The fraction of sp³-hybridized carbons (Fsp3) is 0.500. The number of benzene rings is 1. The minimum atomic E-state index is -3.59. The lowest BCUT2D eigenvalue weighted by Gasteiger charge is -2.33. The summed E-state index contributed by atoms with van der Waals surface area (Å²) < 4.78 is 29.2. The molecule has 0 N–H and O–H groups in total. The Morgan fingerprint density at radius 2 is 1.83 bits per heavy atom. The van der Waals surface area contributed by atoms with Crippen molar-refractivity contribution in [2.24, 2.45) is 5.92 Å². The van der Waals surface area contributed by atoms with Gasteiger partial charge >= 0.3 is 0 Å². The third kappa shape index (κ3) is 5.89. The fourth-order valence-electron chi connectivity index (χ4n) is 4.34. The molecule has 1 amide bonds. The molecular formula is C24H31ClN4O3S3. The second-order valence-corrected chi connectivity index (χ2v) is 13.6. The van der Waals surface area contributed by atoms with Gasteiger partial charge < -0.3 is 4.90 Å². The Balaban J connectivity index is 1.51. The van der Waals surface area contributed by atoms with E-state index in [1.54, 1.807) is 23.5 Å². The number of sulfonamides is 1. The van der Waals surface area contributed by atoms with Gasteiger partial charge in [0, 0.05) is 32.1 Å². The molecule has 4 rings (SSSR count). The summed E-state index contributed by atoms with van der Waals surface area (Å²) in [4.78, 5) is 22.7. The zero-order valence-electron chi connectivity index (χ0n) is 20.2. The van der Waals surface area contributed by atoms with E-state index in [1.165, 1.54) is 4.31 Å². The lowest BCUT2D eigenvalue weighted by Crippen LogP contribution is -2.46. The van der Waals surface area contributed by atoms with Gasteiger partial charge in [-0.1, -0.05) is 42.9 Å². The number of rotatable bonds is 9. The highest BCUT2D eigenvalue weighted by molar-refractivity contribution is 7.91. The Bertz CT molecular complexity index is 1280. The zero-order valence-corrected chi connectivity index (χ0v) is 23.4. The van der Waals surface area contributed by atoms with E-state index in [9.17, 15) is 13.2 Å². The lowest BCUT2D eigenvalue weighted by atomic mass is 9.96. The van der Waals surface area contributed by atoms with Crippen LogP contribution < -0.4 is 4.90 Å². The maximum atomic E-state index is 13.8. The van der Waals surface area contributed by atoms with Gasteiger partial charge in [-0.2, -0.15) is 4.31 Å². The normalized spacial score (nSPS) is 15.8. The maximum absolute atomic E-state index is 13.8. The van der Waals surface area contributed by atoms with Crippen LogP contribution in [0.15, 0.2) is 34.5 Å². The molecule has 0 bridgehead atoms. The van der Waals surface area contributed by atoms with Gasteiger partial charge in [-0.25, -0.2) is 13.4 Å². The van der Waals surface area contributed by atoms with Crippen LogP contribution in [0.2, 0.25) is 4.34 Å². The van der Waals surface area contributed by atoms with Crippen LogP contribution in [0.3, 0.4) is 0 Å². The molecule has 0 unspecified atom stereocenters. The quantitative estimate of drug-likeness (QED) is 0.368. The van der Waals surface area contributed by atoms with Crippen LogP contribution in [0.1, 0.15) is 32.3 Å². The first kappa shape index (κ1) is 26.5. The second-order valence-electron chi connectivity index (χ2n) is 8.72. The number of hydrogen-bond acceptors (Lipinski definition) is 7. The Morgan fingerprint density at radius 3 is 2.46 bits per heavy atom. The molecule has 11 heteroatoms. The van der Waals surface area contributed by atoms with E-state index in [1.807, 2.05) is 24.0 Å². The van der Waals surface area contributed by atoms with Gasteiger partial charge in [0.25, 0.3) is 10.0 Å². The first-order valence-corrected chi connectivity index (χ1v) is 15.3. The predicted octanol–water partition coefficient (Wildman–Crippen LogP) is 5.10. The van der Waals surface area contributed by atoms with Gasteiger partial charge in [-0.15, -0.1) is 11.3 Å². The van der Waals surface area contributed by atoms with Crippen LogP contribution in [-0.4, -0.2) is 67.8 Å². The number of thiophene rings is 1. The highest BCUT2D eigenvalue weighted by atomic mass is 35.5. The van der Waals surface area contributed by atoms with E-state index in [-0.39, 0.29) is 16.0 Å². The van der Waals surface area contributed by atoms with Crippen molar-refractivity contribution in [1.82, 2.24) is 14.2 Å². The van der Waals surface area contributed by atoms with Crippen LogP contribution in [-0.2, 0) is 14.8 Å². The number of anilines is 1. The number of thiazole rings is 1. The summed E-state index contributed by atoms with van der Waals surface area (Å²) in [5, 5.41) is 0.714. The molecule has 1 aliphatic rings. The van der Waals surface area contributed by atoms with Crippen molar-refractivity contribution in [2.75, 3.05) is 44.2 Å². The summed E-state index contributed by atoms with van der Waals surface area (Å²) in [5.41, 5.74) is 2.06. The summed E-state index contributed by atoms with van der Waals surface area (Å²) in [6, 6.07) is 9.28. The minimum Gasteiger partial charge on any atom is -0.302 e. The van der Waals surface area contributed by atoms with Gasteiger partial charge in [0.15, 0.2) is 5.13 Å². The molecule has 1 fully saturated rings. The lowest BCUT2D eigenvalue weighted by molar-refractivity contribution is -0.123. The number of carbonyl (C=O) groups is 1. The third-order valence-electron chi connectivity index (χ3n) is 6.51. The summed E-state index contributed by atoms with van der Waals surface area (Å²) in [6.07, 6.45) is 0.978. The predicted molar refractivity (Wildman–Crippen MR) is 145 cm³/mol. The number of fused-ring (bicyclic) bond motifs is 1. The molecule has 3 aromatic rings. The van der Waals surface area contributed by atoms with E-state index >= 15 is 0 Å². The molecule has 1 saturated heterocycles. The largest absolute Gasteiger partial charge is 0.302 e. The number of nitrogens with zero attached hydrogens (tertiary/aromatic N) is 4.